The van der Waals surface area contributed by atoms with E-state index in [-0.39, 0.29) is 0 Å². The van der Waals surface area contributed by atoms with Crippen molar-refractivity contribution in [1.29, 1.82) is 0 Å². The Labute approximate surface area is 122 Å². The molecule has 0 saturated heterocycles. The first-order valence-corrected chi connectivity index (χ1v) is 6.84. The Morgan fingerprint density at radius 2 is 1.06 bits per heavy atom. The molecule has 2 nitrogen and oxygen atoms in total. The lowest BCUT2D eigenvalue weighted by Crippen LogP contribution is -1.92. The monoisotopic (exact) mass is 436 g/mol. The SMILES string of the molecule is Nc1ccc(-c2ccc(N)cc2I)c(I)c1. The first-order chi connectivity index (χ1) is 7.58. The average Bonchev–Trinajstić information content (AvgIpc) is 2.19. The maximum atomic E-state index is 5.74. The zero-order chi connectivity index (χ0) is 11.7. The van der Waals surface area contributed by atoms with Gasteiger partial charge in [0.1, 0.15) is 0 Å². The summed E-state index contributed by atoms with van der Waals surface area (Å²) in [5.74, 6) is 0. The zero-order valence-electron chi connectivity index (χ0n) is 8.37. The van der Waals surface area contributed by atoms with Crippen molar-refractivity contribution in [2.24, 2.45) is 0 Å². The maximum absolute atomic E-state index is 5.74. The zero-order valence-corrected chi connectivity index (χ0v) is 12.7. The lowest BCUT2D eigenvalue weighted by atomic mass is 10.1. The van der Waals surface area contributed by atoms with Crippen LogP contribution < -0.4 is 11.5 Å². The Bertz CT molecular complexity index is 489. The highest BCUT2D eigenvalue weighted by molar-refractivity contribution is 14.1. The van der Waals surface area contributed by atoms with Crippen molar-refractivity contribution in [1.82, 2.24) is 0 Å². The molecule has 0 heterocycles. The number of hydrogen-bond donors (Lipinski definition) is 2. The molecule has 0 unspecified atom stereocenters. The van der Waals surface area contributed by atoms with E-state index >= 15 is 0 Å². The van der Waals surface area contributed by atoms with Crippen molar-refractivity contribution < 1.29 is 0 Å². The van der Waals surface area contributed by atoms with Crippen LogP contribution in [-0.2, 0) is 0 Å². The third kappa shape index (κ3) is 2.42. The van der Waals surface area contributed by atoms with Crippen LogP contribution in [0.4, 0.5) is 11.4 Å². The summed E-state index contributed by atoms with van der Waals surface area (Å²) in [6.45, 7) is 0. The standard InChI is InChI=1S/C12H10I2N2/c13-11-5-7(15)1-3-9(11)10-4-2-8(16)6-12(10)14/h1-6H,15-16H2. The van der Waals surface area contributed by atoms with Crippen molar-refractivity contribution in [3.63, 3.8) is 0 Å². The van der Waals surface area contributed by atoms with Crippen molar-refractivity contribution >= 4 is 56.6 Å². The fraction of sp³-hybridized carbons (Fsp3) is 0. The van der Waals surface area contributed by atoms with Gasteiger partial charge in [0.2, 0.25) is 0 Å². The van der Waals surface area contributed by atoms with E-state index in [9.17, 15) is 0 Å². The quantitative estimate of drug-likeness (QED) is 0.529. The van der Waals surface area contributed by atoms with Gasteiger partial charge in [-0.15, -0.1) is 0 Å². The van der Waals surface area contributed by atoms with Gasteiger partial charge in [0.25, 0.3) is 0 Å². The highest BCUT2D eigenvalue weighted by Crippen LogP contribution is 2.31. The third-order valence-corrected chi connectivity index (χ3v) is 4.06. The van der Waals surface area contributed by atoms with E-state index in [1.165, 1.54) is 11.1 Å². The van der Waals surface area contributed by atoms with Gasteiger partial charge < -0.3 is 11.5 Å². The molecule has 2 aromatic carbocycles. The summed E-state index contributed by atoms with van der Waals surface area (Å²) in [4.78, 5) is 0. The fourth-order valence-corrected chi connectivity index (χ4v) is 3.16. The van der Waals surface area contributed by atoms with Crippen LogP contribution in [0, 0.1) is 7.14 Å². The van der Waals surface area contributed by atoms with Gasteiger partial charge in [-0.1, -0.05) is 12.1 Å². The predicted octanol–water partition coefficient (Wildman–Crippen LogP) is 3.73. The van der Waals surface area contributed by atoms with Crippen molar-refractivity contribution in [3.8, 4) is 11.1 Å². The van der Waals surface area contributed by atoms with E-state index in [0.717, 1.165) is 18.5 Å². The lowest BCUT2D eigenvalue weighted by molar-refractivity contribution is 1.55. The number of anilines is 2. The van der Waals surface area contributed by atoms with E-state index < -0.39 is 0 Å². The topological polar surface area (TPSA) is 52.0 Å². The van der Waals surface area contributed by atoms with Crippen LogP contribution in [0.5, 0.6) is 0 Å². The van der Waals surface area contributed by atoms with Gasteiger partial charge in [0.15, 0.2) is 0 Å². The molecule has 0 saturated carbocycles. The van der Waals surface area contributed by atoms with Crippen LogP contribution in [0.3, 0.4) is 0 Å². The Morgan fingerprint density at radius 3 is 1.38 bits per heavy atom. The highest BCUT2D eigenvalue weighted by Gasteiger charge is 2.07. The molecule has 0 radical (unpaired) electrons. The van der Waals surface area contributed by atoms with E-state index in [4.69, 9.17) is 11.5 Å². The fourth-order valence-electron chi connectivity index (χ4n) is 1.50. The molecule has 2 rings (SSSR count). The maximum Gasteiger partial charge on any atom is 0.0325 e. The number of hydrogen-bond acceptors (Lipinski definition) is 2. The Hall–Kier alpha value is -0.500. The number of benzene rings is 2. The summed E-state index contributed by atoms with van der Waals surface area (Å²) in [5.41, 5.74) is 15.5. The second-order valence-electron chi connectivity index (χ2n) is 3.48. The molecule has 16 heavy (non-hydrogen) atoms. The first kappa shape index (κ1) is 12.0. The lowest BCUT2D eigenvalue weighted by Gasteiger charge is -2.08. The minimum absolute atomic E-state index is 0.790. The molecule has 82 valence electrons. The van der Waals surface area contributed by atoms with Crippen molar-refractivity contribution in [2.45, 2.75) is 0 Å². The number of nitrogen functional groups attached to an aromatic ring is 2. The Morgan fingerprint density at radius 1 is 0.688 bits per heavy atom. The van der Waals surface area contributed by atoms with Crippen LogP contribution in [0.2, 0.25) is 0 Å². The van der Waals surface area contributed by atoms with Gasteiger partial charge >= 0.3 is 0 Å². The second-order valence-corrected chi connectivity index (χ2v) is 5.80. The van der Waals surface area contributed by atoms with Gasteiger partial charge in [-0.05, 0) is 80.6 Å². The van der Waals surface area contributed by atoms with Crippen LogP contribution >= 0.6 is 45.2 Å². The van der Waals surface area contributed by atoms with Gasteiger partial charge in [0.05, 0.1) is 0 Å². The first-order valence-electron chi connectivity index (χ1n) is 4.68. The van der Waals surface area contributed by atoms with Crippen molar-refractivity contribution in [3.05, 3.63) is 43.5 Å². The molecule has 0 fully saturated rings. The molecule has 0 aliphatic rings. The summed E-state index contributed by atoms with van der Waals surface area (Å²) in [5, 5.41) is 0. The summed E-state index contributed by atoms with van der Waals surface area (Å²) in [6.07, 6.45) is 0. The Kier molecular flexibility index (Phi) is 3.58. The normalized spacial score (nSPS) is 10.4. The van der Waals surface area contributed by atoms with E-state index in [1.54, 1.807) is 0 Å². The summed E-state index contributed by atoms with van der Waals surface area (Å²) < 4.78 is 2.31. The molecule has 4 N–H and O–H groups in total. The van der Waals surface area contributed by atoms with Crippen molar-refractivity contribution in [2.75, 3.05) is 11.5 Å². The molecule has 4 heteroatoms. The molecule has 0 atom stereocenters. The van der Waals surface area contributed by atoms with Crippen LogP contribution in [0.1, 0.15) is 0 Å². The minimum atomic E-state index is 0.790. The van der Waals surface area contributed by atoms with E-state index in [2.05, 4.69) is 45.2 Å². The van der Waals surface area contributed by atoms with Gasteiger partial charge in [-0.3, -0.25) is 0 Å². The molecule has 0 aliphatic heterocycles. The molecular formula is C12H10I2N2. The molecule has 0 amide bonds. The largest absolute Gasteiger partial charge is 0.399 e. The molecule has 0 bridgehead atoms. The van der Waals surface area contributed by atoms with E-state index in [0.29, 0.717) is 0 Å². The minimum Gasteiger partial charge on any atom is -0.399 e. The molecule has 0 aromatic heterocycles. The number of halogens is 2. The molecule has 0 spiro atoms. The third-order valence-electron chi connectivity index (χ3n) is 2.28. The van der Waals surface area contributed by atoms with Crippen LogP contribution in [0.25, 0.3) is 11.1 Å². The smallest absolute Gasteiger partial charge is 0.0325 e. The van der Waals surface area contributed by atoms with Gasteiger partial charge in [-0.2, -0.15) is 0 Å². The predicted molar refractivity (Wildman–Crippen MR) is 86.1 cm³/mol. The van der Waals surface area contributed by atoms with E-state index in [1.807, 2.05) is 36.4 Å². The average molecular weight is 436 g/mol. The molecular weight excluding hydrogens is 426 g/mol. The number of nitrogens with two attached hydrogens (primary N) is 2. The van der Waals surface area contributed by atoms with Crippen LogP contribution in [0.15, 0.2) is 36.4 Å². The Balaban J connectivity index is 2.59. The second kappa shape index (κ2) is 4.79. The summed E-state index contributed by atoms with van der Waals surface area (Å²) >= 11 is 4.60. The molecule has 0 aliphatic carbocycles. The highest BCUT2D eigenvalue weighted by atomic mass is 127. The van der Waals surface area contributed by atoms with Gasteiger partial charge in [-0.25, -0.2) is 0 Å². The van der Waals surface area contributed by atoms with Crippen LogP contribution in [-0.4, -0.2) is 0 Å². The number of rotatable bonds is 1. The van der Waals surface area contributed by atoms with Gasteiger partial charge in [0, 0.05) is 18.5 Å². The molecule has 2 aromatic rings. The summed E-state index contributed by atoms with van der Waals surface area (Å²) in [6, 6.07) is 11.9. The summed E-state index contributed by atoms with van der Waals surface area (Å²) in [7, 11) is 0.